The standard InChI is InChI=1S/C10H24O6P2/c1-2-3-4-5-6-7-10(11)8-9-18(14,15)16-17(12)13/h10-11,17H,2-9H2,1H3,(H,12,13)(H,14,15). The van der Waals surface area contributed by atoms with Crippen LogP contribution in [0.4, 0.5) is 0 Å². The maximum Gasteiger partial charge on any atom is 0.335 e. The largest absolute Gasteiger partial charge is 0.393 e. The van der Waals surface area contributed by atoms with Gasteiger partial charge < -0.3 is 14.9 Å². The van der Waals surface area contributed by atoms with Crippen molar-refractivity contribution in [3.8, 4) is 0 Å². The van der Waals surface area contributed by atoms with Gasteiger partial charge >= 0.3 is 15.9 Å². The van der Waals surface area contributed by atoms with Gasteiger partial charge in [0.15, 0.2) is 0 Å². The Balaban J connectivity index is 3.66. The molecule has 0 aromatic heterocycles. The SMILES string of the molecule is CCCCCCCC(O)CCP(=O)(O)O[PH](=O)O. The minimum Gasteiger partial charge on any atom is -0.393 e. The second kappa shape index (κ2) is 10.1. The highest BCUT2D eigenvalue weighted by atomic mass is 31.2. The third kappa shape index (κ3) is 11.4. The predicted octanol–water partition coefficient (Wildman–Crippen LogP) is 2.68. The van der Waals surface area contributed by atoms with Crippen LogP contribution in [0.1, 0.15) is 51.9 Å². The highest BCUT2D eigenvalue weighted by molar-refractivity contribution is 7.59. The van der Waals surface area contributed by atoms with E-state index < -0.39 is 22.0 Å². The molecule has 0 aromatic carbocycles. The van der Waals surface area contributed by atoms with Gasteiger partial charge in [0.05, 0.1) is 12.3 Å². The zero-order valence-electron chi connectivity index (χ0n) is 10.7. The van der Waals surface area contributed by atoms with Crippen LogP contribution in [0.25, 0.3) is 0 Å². The third-order valence-electron chi connectivity index (χ3n) is 2.61. The van der Waals surface area contributed by atoms with Gasteiger partial charge in [0.1, 0.15) is 0 Å². The second-order valence-corrected chi connectivity index (χ2v) is 7.35. The van der Waals surface area contributed by atoms with Crippen molar-refractivity contribution in [1.29, 1.82) is 0 Å². The number of rotatable bonds is 11. The van der Waals surface area contributed by atoms with Crippen molar-refractivity contribution in [3.63, 3.8) is 0 Å². The molecule has 0 saturated heterocycles. The van der Waals surface area contributed by atoms with Crippen molar-refractivity contribution in [2.45, 2.75) is 58.0 Å². The molecule has 3 unspecified atom stereocenters. The first-order chi connectivity index (χ1) is 8.37. The normalized spacial score (nSPS) is 18.2. The molecule has 18 heavy (non-hydrogen) atoms. The zero-order valence-corrected chi connectivity index (χ0v) is 12.6. The molecule has 3 N–H and O–H groups in total. The van der Waals surface area contributed by atoms with E-state index in [-0.39, 0.29) is 12.6 Å². The molecule has 0 aromatic rings. The molecule has 3 atom stereocenters. The molecule has 0 aliphatic rings. The van der Waals surface area contributed by atoms with E-state index in [2.05, 4.69) is 11.2 Å². The molecule has 6 nitrogen and oxygen atoms in total. The summed E-state index contributed by atoms with van der Waals surface area (Å²) >= 11 is 0. The quantitative estimate of drug-likeness (QED) is 0.400. The van der Waals surface area contributed by atoms with Crippen LogP contribution in [0.3, 0.4) is 0 Å². The first kappa shape index (κ1) is 18.3. The van der Waals surface area contributed by atoms with Crippen molar-refractivity contribution in [2.75, 3.05) is 6.16 Å². The Kier molecular flexibility index (Phi) is 10.3. The molecule has 0 aliphatic heterocycles. The minimum absolute atomic E-state index is 0.108. The monoisotopic (exact) mass is 302 g/mol. The summed E-state index contributed by atoms with van der Waals surface area (Å²) in [6, 6.07) is 0. The summed E-state index contributed by atoms with van der Waals surface area (Å²) in [6.45, 7) is 2.13. The summed E-state index contributed by atoms with van der Waals surface area (Å²) in [7, 11) is -7.44. The fraction of sp³-hybridized carbons (Fsp3) is 1.00. The molecule has 0 bridgehead atoms. The van der Waals surface area contributed by atoms with Crippen LogP contribution in [0.5, 0.6) is 0 Å². The van der Waals surface area contributed by atoms with Crippen LogP contribution in [0, 0.1) is 0 Å². The Morgan fingerprint density at radius 3 is 2.39 bits per heavy atom. The Hall–Kier alpha value is 0.300. The summed E-state index contributed by atoms with van der Waals surface area (Å²) in [5.41, 5.74) is 0. The molecule has 0 amide bonds. The van der Waals surface area contributed by atoms with Gasteiger partial charge in [0.25, 0.3) is 0 Å². The fourth-order valence-electron chi connectivity index (χ4n) is 1.61. The highest BCUT2D eigenvalue weighted by Crippen LogP contribution is 2.50. The molecule has 0 aliphatic carbocycles. The lowest BCUT2D eigenvalue weighted by molar-refractivity contribution is 0.155. The molecular weight excluding hydrogens is 278 g/mol. The third-order valence-corrected chi connectivity index (χ3v) is 5.20. The smallest absolute Gasteiger partial charge is 0.335 e. The van der Waals surface area contributed by atoms with E-state index >= 15 is 0 Å². The van der Waals surface area contributed by atoms with Crippen molar-refractivity contribution < 1.29 is 28.3 Å². The van der Waals surface area contributed by atoms with E-state index in [0.717, 1.165) is 25.7 Å². The number of hydrogen-bond donors (Lipinski definition) is 3. The average molecular weight is 302 g/mol. The van der Waals surface area contributed by atoms with E-state index in [9.17, 15) is 14.2 Å². The molecule has 0 radical (unpaired) electrons. The second-order valence-electron chi connectivity index (χ2n) is 4.36. The van der Waals surface area contributed by atoms with Gasteiger partial charge in [-0.05, 0) is 12.8 Å². The summed E-state index contributed by atoms with van der Waals surface area (Å²) < 4.78 is 25.6. The lowest BCUT2D eigenvalue weighted by atomic mass is 10.1. The van der Waals surface area contributed by atoms with Crippen LogP contribution < -0.4 is 0 Å². The van der Waals surface area contributed by atoms with Gasteiger partial charge in [-0.2, -0.15) is 0 Å². The maximum atomic E-state index is 11.2. The van der Waals surface area contributed by atoms with Gasteiger partial charge in [0, 0.05) is 0 Å². The molecule has 8 heteroatoms. The summed E-state index contributed by atoms with van der Waals surface area (Å²) in [4.78, 5) is 17.6. The molecule has 0 spiro atoms. The predicted molar refractivity (Wildman–Crippen MR) is 71.0 cm³/mol. The Bertz CT molecular complexity index is 284. The van der Waals surface area contributed by atoms with Crippen LogP contribution in [-0.4, -0.2) is 27.2 Å². The topological polar surface area (TPSA) is 104 Å². The Labute approximate surface area is 109 Å². The van der Waals surface area contributed by atoms with Crippen molar-refractivity contribution in [3.05, 3.63) is 0 Å². The van der Waals surface area contributed by atoms with Crippen LogP contribution in [-0.2, 0) is 13.4 Å². The van der Waals surface area contributed by atoms with Crippen LogP contribution in [0.15, 0.2) is 0 Å². The van der Waals surface area contributed by atoms with Crippen LogP contribution >= 0.6 is 15.9 Å². The number of aliphatic hydroxyl groups is 1. The first-order valence-electron chi connectivity index (χ1n) is 6.30. The van der Waals surface area contributed by atoms with Gasteiger partial charge in [-0.15, -0.1) is 0 Å². The highest BCUT2D eigenvalue weighted by Gasteiger charge is 2.23. The Morgan fingerprint density at radius 1 is 1.22 bits per heavy atom. The lowest BCUT2D eigenvalue weighted by Crippen LogP contribution is -2.09. The van der Waals surface area contributed by atoms with Crippen molar-refractivity contribution in [1.82, 2.24) is 0 Å². The number of aliphatic hydroxyl groups excluding tert-OH is 1. The molecule has 0 fully saturated rings. The molecule has 0 rings (SSSR count). The first-order valence-corrected chi connectivity index (χ1v) is 9.32. The number of hydrogen-bond acceptors (Lipinski definition) is 4. The summed E-state index contributed by atoms with van der Waals surface area (Å²) in [5.74, 6) is 0. The number of unbranched alkanes of at least 4 members (excludes halogenated alkanes) is 4. The maximum absolute atomic E-state index is 11.2. The van der Waals surface area contributed by atoms with Gasteiger partial charge in [-0.25, -0.2) is 4.31 Å². The lowest BCUT2D eigenvalue weighted by Gasteiger charge is -2.13. The van der Waals surface area contributed by atoms with E-state index in [1.807, 2.05) is 0 Å². The molecular formula is C10H24O6P2. The molecule has 0 saturated carbocycles. The fourth-order valence-corrected chi connectivity index (χ4v) is 3.57. The van der Waals surface area contributed by atoms with Gasteiger partial charge in [-0.1, -0.05) is 39.0 Å². The van der Waals surface area contributed by atoms with Crippen molar-refractivity contribution in [2.24, 2.45) is 0 Å². The van der Waals surface area contributed by atoms with E-state index in [4.69, 9.17) is 9.79 Å². The van der Waals surface area contributed by atoms with E-state index in [1.54, 1.807) is 0 Å². The Morgan fingerprint density at radius 2 is 1.83 bits per heavy atom. The van der Waals surface area contributed by atoms with Crippen molar-refractivity contribution >= 4 is 15.9 Å². The molecule has 110 valence electrons. The molecule has 0 heterocycles. The van der Waals surface area contributed by atoms with Crippen LogP contribution in [0.2, 0.25) is 0 Å². The summed E-state index contributed by atoms with van der Waals surface area (Å²) in [6.07, 6.45) is 5.15. The van der Waals surface area contributed by atoms with E-state index in [1.165, 1.54) is 6.42 Å². The minimum atomic E-state index is -4.03. The zero-order chi connectivity index (χ0) is 14.0. The van der Waals surface area contributed by atoms with Gasteiger partial charge in [-0.3, -0.25) is 9.13 Å². The van der Waals surface area contributed by atoms with Gasteiger partial charge in [0.2, 0.25) is 0 Å². The average Bonchev–Trinajstić information content (AvgIpc) is 2.24. The summed E-state index contributed by atoms with van der Waals surface area (Å²) in [5, 5.41) is 9.58. The van der Waals surface area contributed by atoms with E-state index in [0.29, 0.717) is 6.42 Å².